The number of alkyl halides is 3. The van der Waals surface area contributed by atoms with Crippen molar-refractivity contribution >= 4 is 29.0 Å². The number of morpholine rings is 1. The number of benzene rings is 2. The SMILES string of the molecule is O=C(C[C@@H](c1ccc(F)cc1)c1ccsc1)Nc1cccc(F)c1CC[C@@H]1CN[C@H](COC(=O)NCC(F)(F)F)CO1. The first kappa shape index (κ1) is 31.4. The molecule has 2 amide bonds. The van der Waals surface area contributed by atoms with Crippen LogP contribution >= 0.6 is 11.3 Å². The standard InChI is InChI=1S/C29H30F5N3O4S/c30-20-6-4-18(5-7-20)24(19-10-11-42-16-19)12-27(38)37-26-3-1-2-25(31)23(26)9-8-22-13-35-21(14-40-22)15-41-28(39)36-17-29(32,33)34/h1-7,10-11,16,21-22,24,35H,8-9,12-15,17H2,(H,36,39)(H,37,38)/t21-,22+,24-/m0/s1. The monoisotopic (exact) mass is 611 g/mol. The number of carbonyl (C=O) groups excluding carboxylic acids is 2. The molecule has 4 rings (SSSR count). The lowest BCUT2D eigenvalue weighted by atomic mass is 9.90. The molecule has 1 saturated heterocycles. The predicted octanol–water partition coefficient (Wildman–Crippen LogP) is 5.77. The Balaban J connectivity index is 1.29. The van der Waals surface area contributed by atoms with Gasteiger partial charge in [-0.1, -0.05) is 18.2 Å². The smallest absolute Gasteiger partial charge is 0.407 e. The van der Waals surface area contributed by atoms with Gasteiger partial charge < -0.3 is 25.4 Å². The lowest BCUT2D eigenvalue weighted by Crippen LogP contribution is -2.49. The summed E-state index contributed by atoms with van der Waals surface area (Å²) < 4.78 is 75.5. The van der Waals surface area contributed by atoms with E-state index in [9.17, 15) is 31.5 Å². The lowest BCUT2D eigenvalue weighted by Gasteiger charge is -2.30. The van der Waals surface area contributed by atoms with Crippen LogP contribution in [0.15, 0.2) is 59.3 Å². The number of nitrogens with one attached hydrogen (secondary N) is 3. The Morgan fingerprint density at radius 1 is 1.10 bits per heavy atom. The molecule has 42 heavy (non-hydrogen) atoms. The van der Waals surface area contributed by atoms with Crippen LogP contribution in [0.5, 0.6) is 0 Å². The molecular weight excluding hydrogens is 581 g/mol. The highest BCUT2D eigenvalue weighted by Gasteiger charge is 2.29. The van der Waals surface area contributed by atoms with Crippen LogP contribution in [0.25, 0.3) is 0 Å². The van der Waals surface area contributed by atoms with Crippen molar-refractivity contribution in [2.75, 3.05) is 31.6 Å². The molecule has 7 nitrogen and oxygen atoms in total. The number of amides is 2. The van der Waals surface area contributed by atoms with Crippen molar-refractivity contribution in [2.45, 2.75) is 43.5 Å². The van der Waals surface area contributed by atoms with Crippen molar-refractivity contribution in [3.05, 3.63) is 87.6 Å². The van der Waals surface area contributed by atoms with Crippen LogP contribution in [-0.4, -0.2) is 56.6 Å². The zero-order valence-electron chi connectivity index (χ0n) is 22.4. The summed E-state index contributed by atoms with van der Waals surface area (Å²) in [5.74, 6) is -1.46. The minimum Gasteiger partial charge on any atom is -0.448 e. The van der Waals surface area contributed by atoms with Crippen molar-refractivity contribution in [2.24, 2.45) is 0 Å². The van der Waals surface area contributed by atoms with Crippen LogP contribution in [0.1, 0.15) is 35.4 Å². The van der Waals surface area contributed by atoms with Crippen molar-refractivity contribution in [3.8, 4) is 0 Å². The third kappa shape index (κ3) is 9.50. The first-order valence-corrected chi connectivity index (χ1v) is 14.2. The fourth-order valence-electron chi connectivity index (χ4n) is 4.58. The van der Waals surface area contributed by atoms with E-state index in [1.54, 1.807) is 23.5 Å². The van der Waals surface area contributed by atoms with Gasteiger partial charge in [0, 0.05) is 30.1 Å². The van der Waals surface area contributed by atoms with Crippen LogP contribution in [0.4, 0.5) is 32.4 Å². The molecule has 0 spiro atoms. The highest BCUT2D eigenvalue weighted by Crippen LogP contribution is 2.31. The lowest BCUT2D eigenvalue weighted by molar-refractivity contribution is -0.124. The van der Waals surface area contributed by atoms with Gasteiger partial charge in [-0.2, -0.15) is 24.5 Å². The van der Waals surface area contributed by atoms with Gasteiger partial charge in [-0.15, -0.1) is 0 Å². The molecule has 0 aliphatic carbocycles. The summed E-state index contributed by atoms with van der Waals surface area (Å²) in [6.45, 7) is -1.16. The maximum absolute atomic E-state index is 14.9. The fraction of sp³-hybridized carbons (Fsp3) is 0.379. The maximum Gasteiger partial charge on any atom is 0.407 e. The number of anilines is 1. The van der Waals surface area contributed by atoms with E-state index in [2.05, 4.69) is 10.6 Å². The van der Waals surface area contributed by atoms with E-state index in [1.807, 2.05) is 16.8 Å². The zero-order chi connectivity index (χ0) is 30.1. The predicted molar refractivity (Wildman–Crippen MR) is 147 cm³/mol. The van der Waals surface area contributed by atoms with Gasteiger partial charge in [-0.3, -0.25) is 4.79 Å². The van der Waals surface area contributed by atoms with Gasteiger partial charge in [-0.25, -0.2) is 13.6 Å². The molecule has 226 valence electrons. The van der Waals surface area contributed by atoms with E-state index in [0.717, 1.165) is 11.1 Å². The molecule has 1 aliphatic rings. The Morgan fingerprint density at radius 2 is 1.88 bits per heavy atom. The average Bonchev–Trinajstić information content (AvgIpc) is 3.49. The number of ether oxygens (including phenoxy) is 2. The fourth-order valence-corrected chi connectivity index (χ4v) is 5.29. The molecule has 3 N–H and O–H groups in total. The summed E-state index contributed by atoms with van der Waals surface area (Å²) in [5, 5.41) is 11.4. The van der Waals surface area contributed by atoms with Gasteiger partial charge in [0.05, 0.1) is 18.8 Å². The number of thiophene rings is 1. The maximum atomic E-state index is 14.9. The number of halogens is 5. The normalized spacial score (nSPS) is 17.8. The third-order valence-electron chi connectivity index (χ3n) is 6.73. The molecule has 0 unspecified atom stereocenters. The number of carbonyl (C=O) groups is 2. The van der Waals surface area contributed by atoms with Crippen LogP contribution in [-0.2, 0) is 20.7 Å². The summed E-state index contributed by atoms with van der Waals surface area (Å²) in [6, 6.07) is 12.0. The molecule has 3 aromatic rings. The van der Waals surface area contributed by atoms with Crippen molar-refractivity contribution in [1.82, 2.24) is 10.6 Å². The van der Waals surface area contributed by atoms with Crippen LogP contribution in [0, 0.1) is 11.6 Å². The van der Waals surface area contributed by atoms with E-state index in [4.69, 9.17) is 9.47 Å². The van der Waals surface area contributed by atoms with Crippen LogP contribution in [0.2, 0.25) is 0 Å². The molecular formula is C29H30F5N3O4S. The second-order valence-electron chi connectivity index (χ2n) is 9.85. The van der Waals surface area contributed by atoms with Gasteiger partial charge in [0.25, 0.3) is 0 Å². The molecule has 2 aromatic carbocycles. The highest BCUT2D eigenvalue weighted by molar-refractivity contribution is 7.08. The molecule has 0 radical (unpaired) electrons. The van der Waals surface area contributed by atoms with E-state index in [-0.39, 0.29) is 49.8 Å². The first-order chi connectivity index (χ1) is 20.1. The van der Waals surface area contributed by atoms with E-state index in [0.29, 0.717) is 24.2 Å². The Hall–Kier alpha value is -3.55. The molecule has 1 aliphatic heterocycles. The number of rotatable bonds is 11. The van der Waals surface area contributed by atoms with Gasteiger partial charge >= 0.3 is 12.3 Å². The molecule has 13 heteroatoms. The second kappa shape index (κ2) is 14.6. The summed E-state index contributed by atoms with van der Waals surface area (Å²) in [5.41, 5.74) is 2.39. The third-order valence-corrected chi connectivity index (χ3v) is 7.43. The summed E-state index contributed by atoms with van der Waals surface area (Å²) in [4.78, 5) is 24.5. The van der Waals surface area contributed by atoms with Crippen molar-refractivity contribution in [1.29, 1.82) is 0 Å². The van der Waals surface area contributed by atoms with E-state index >= 15 is 0 Å². The van der Waals surface area contributed by atoms with Gasteiger partial charge in [0.15, 0.2) is 0 Å². The number of hydrogen-bond acceptors (Lipinski definition) is 6. The number of alkyl carbamates (subject to hydrolysis) is 1. The topological polar surface area (TPSA) is 88.7 Å². The minimum atomic E-state index is -4.53. The first-order valence-electron chi connectivity index (χ1n) is 13.2. The summed E-state index contributed by atoms with van der Waals surface area (Å²) >= 11 is 1.49. The van der Waals surface area contributed by atoms with E-state index < -0.39 is 30.7 Å². The largest absolute Gasteiger partial charge is 0.448 e. The Labute approximate surface area is 243 Å². The molecule has 3 atom stereocenters. The second-order valence-corrected chi connectivity index (χ2v) is 10.6. The quantitative estimate of drug-likeness (QED) is 0.240. The Bertz CT molecular complexity index is 1310. The summed E-state index contributed by atoms with van der Waals surface area (Å²) in [6.07, 6.45) is -5.25. The highest BCUT2D eigenvalue weighted by atomic mass is 32.1. The van der Waals surface area contributed by atoms with Gasteiger partial charge in [-0.05, 0) is 65.1 Å². The van der Waals surface area contributed by atoms with E-state index in [1.165, 1.54) is 35.6 Å². The van der Waals surface area contributed by atoms with Crippen LogP contribution < -0.4 is 16.0 Å². The Morgan fingerprint density at radius 3 is 2.55 bits per heavy atom. The zero-order valence-corrected chi connectivity index (χ0v) is 23.2. The molecule has 0 saturated carbocycles. The van der Waals surface area contributed by atoms with Gasteiger partial charge in [0.1, 0.15) is 24.8 Å². The number of hydrogen-bond donors (Lipinski definition) is 3. The Kier molecular flexibility index (Phi) is 10.9. The molecule has 2 heterocycles. The van der Waals surface area contributed by atoms with Crippen molar-refractivity contribution < 1.29 is 41.0 Å². The minimum absolute atomic E-state index is 0.0751. The van der Waals surface area contributed by atoms with Gasteiger partial charge in [0.2, 0.25) is 5.91 Å². The van der Waals surface area contributed by atoms with Crippen molar-refractivity contribution in [3.63, 3.8) is 0 Å². The average molecular weight is 612 g/mol. The summed E-state index contributed by atoms with van der Waals surface area (Å²) in [7, 11) is 0. The molecule has 1 aromatic heterocycles. The molecule has 1 fully saturated rings. The van der Waals surface area contributed by atoms with Crippen LogP contribution in [0.3, 0.4) is 0 Å². The molecule has 0 bridgehead atoms.